The van der Waals surface area contributed by atoms with E-state index in [9.17, 15) is 9.59 Å². The molecule has 0 aliphatic carbocycles. The molecular weight excluding hydrogens is 228 g/mol. The summed E-state index contributed by atoms with van der Waals surface area (Å²) in [5.41, 5.74) is 1.16. The van der Waals surface area contributed by atoms with Crippen molar-refractivity contribution in [2.75, 3.05) is 24.5 Å². The van der Waals surface area contributed by atoms with Crippen molar-refractivity contribution < 1.29 is 9.59 Å². The number of carbonyl (C=O) groups is 2. The van der Waals surface area contributed by atoms with Crippen LogP contribution in [0.5, 0.6) is 0 Å². The van der Waals surface area contributed by atoms with Crippen LogP contribution in [0.2, 0.25) is 5.02 Å². The molecule has 0 unspecified atom stereocenters. The Bertz CT molecular complexity index is 434. The first-order valence-corrected chi connectivity index (χ1v) is 5.35. The second-order valence-corrected chi connectivity index (χ2v) is 3.97. The summed E-state index contributed by atoms with van der Waals surface area (Å²) in [6, 6.07) is 5.24. The normalized spacial score (nSPS) is 15.8. The summed E-state index contributed by atoms with van der Waals surface area (Å²) >= 11 is 5.93. The Morgan fingerprint density at radius 3 is 2.94 bits per heavy atom. The van der Waals surface area contributed by atoms with Crippen LogP contribution >= 0.6 is 11.6 Å². The summed E-state index contributed by atoms with van der Waals surface area (Å²) in [6.07, 6.45) is 0.726. The van der Waals surface area contributed by atoms with E-state index in [4.69, 9.17) is 11.6 Å². The zero-order valence-electron chi connectivity index (χ0n) is 8.57. The summed E-state index contributed by atoms with van der Waals surface area (Å²) in [7, 11) is 0. The van der Waals surface area contributed by atoms with Crippen molar-refractivity contribution >= 4 is 29.5 Å². The number of anilines is 1. The summed E-state index contributed by atoms with van der Waals surface area (Å²) in [6.45, 7) is 1.54. The van der Waals surface area contributed by atoms with Gasteiger partial charge in [-0.3, -0.25) is 9.59 Å². The number of rotatable bonds is 2. The maximum Gasteiger partial charge on any atom is 0.239 e. The average Bonchev–Trinajstić information content (AvgIpc) is 2.28. The van der Waals surface area contributed by atoms with E-state index in [1.165, 1.54) is 0 Å². The zero-order chi connectivity index (χ0) is 11.5. The van der Waals surface area contributed by atoms with Crippen LogP contribution < -0.4 is 10.2 Å². The standard InChI is InChI=1S/C11H11ClN2O2/c12-9-2-1-3-10(8(9)7-15)14-5-4-13-11(16)6-14/h1-3,7H,4-6H2,(H,13,16). The zero-order valence-corrected chi connectivity index (χ0v) is 9.33. The molecule has 0 atom stereocenters. The molecule has 16 heavy (non-hydrogen) atoms. The molecule has 1 N–H and O–H groups in total. The minimum atomic E-state index is -0.0388. The van der Waals surface area contributed by atoms with Crippen molar-refractivity contribution in [2.45, 2.75) is 0 Å². The molecule has 1 aliphatic rings. The van der Waals surface area contributed by atoms with E-state index in [0.717, 1.165) is 12.0 Å². The molecular formula is C11H11ClN2O2. The predicted octanol–water partition coefficient (Wildman–Crippen LogP) is 1.09. The van der Waals surface area contributed by atoms with Crippen molar-refractivity contribution in [1.29, 1.82) is 0 Å². The molecule has 0 spiro atoms. The minimum absolute atomic E-state index is 0.0388. The number of benzene rings is 1. The van der Waals surface area contributed by atoms with E-state index in [-0.39, 0.29) is 12.5 Å². The van der Waals surface area contributed by atoms with Gasteiger partial charge in [-0.05, 0) is 12.1 Å². The first kappa shape index (κ1) is 11.0. The highest BCUT2D eigenvalue weighted by atomic mass is 35.5. The van der Waals surface area contributed by atoms with E-state index in [1.807, 2.05) is 4.90 Å². The average molecular weight is 239 g/mol. The molecule has 1 heterocycles. The molecule has 1 amide bonds. The van der Waals surface area contributed by atoms with Crippen molar-refractivity contribution in [2.24, 2.45) is 0 Å². The number of carbonyl (C=O) groups excluding carboxylic acids is 2. The van der Waals surface area contributed by atoms with Crippen LogP contribution in [-0.4, -0.2) is 31.8 Å². The van der Waals surface area contributed by atoms with Gasteiger partial charge in [0.1, 0.15) is 0 Å². The van der Waals surface area contributed by atoms with E-state index in [1.54, 1.807) is 18.2 Å². The van der Waals surface area contributed by atoms with Gasteiger partial charge in [0.25, 0.3) is 0 Å². The van der Waals surface area contributed by atoms with Gasteiger partial charge in [0.05, 0.1) is 17.1 Å². The number of hydrogen-bond acceptors (Lipinski definition) is 3. The maximum atomic E-state index is 11.3. The predicted molar refractivity (Wildman–Crippen MR) is 62.1 cm³/mol. The van der Waals surface area contributed by atoms with Crippen molar-refractivity contribution in [1.82, 2.24) is 5.32 Å². The highest BCUT2D eigenvalue weighted by Gasteiger charge is 2.19. The van der Waals surface area contributed by atoms with Crippen molar-refractivity contribution in [3.63, 3.8) is 0 Å². The van der Waals surface area contributed by atoms with Gasteiger partial charge in [0.15, 0.2) is 6.29 Å². The Balaban J connectivity index is 2.35. The molecule has 0 radical (unpaired) electrons. The van der Waals surface area contributed by atoms with E-state index in [2.05, 4.69) is 5.32 Å². The Morgan fingerprint density at radius 1 is 1.44 bits per heavy atom. The number of nitrogens with one attached hydrogen (secondary N) is 1. The molecule has 1 fully saturated rings. The van der Waals surface area contributed by atoms with Gasteiger partial charge >= 0.3 is 0 Å². The third-order valence-electron chi connectivity index (χ3n) is 2.53. The van der Waals surface area contributed by atoms with Gasteiger partial charge < -0.3 is 10.2 Å². The van der Waals surface area contributed by atoms with Crippen LogP contribution in [0, 0.1) is 0 Å². The van der Waals surface area contributed by atoms with Crippen molar-refractivity contribution in [3.8, 4) is 0 Å². The Morgan fingerprint density at radius 2 is 2.25 bits per heavy atom. The summed E-state index contributed by atoms with van der Waals surface area (Å²) < 4.78 is 0. The number of aldehydes is 1. The van der Waals surface area contributed by atoms with E-state index in [0.29, 0.717) is 23.7 Å². The Hall–Kier alpha value is -1.55. The second kappa shape index (κ2) is 4.53. The highest BCUT2D eigenvalue weighted by Crippen LogP contribution is 2.26. The number of halogens is 1. The minimum Gasteiger partial charge on any atom is -0.360 e. The molecule has 1 aliphatic heterocycles. The quantitative estimate of drug-likeness (QED) is 0.785. The molecule has 84 valence electrons. The molecule has 4 nitrogen and oxygen atoms in total. The molecule has 1 aromatic carbocycles. The lowest BCUT2D eigenvalue weighted by molar-refractivity contribution is -0.120. The SMILES string of the molecule is O=Cc1c(Cl)cccc1N1CCNC(=O)C1. The topological polar surface area (TPSA) is 49.4 Å². The third kappa shape index (κ3) is 2.02. The number of piperazine rings is 1. The van der Waals surface area contributed by atoms with Crippen LogP contribution in [0.4, 0.5) is 5.69 Å². The monoisotopic (exact) mass is 238 g/mol. The van der Waals surface area contributed by atoms with Crippen molar-refractivity contribution in [3.05, 3.63) is 28.8 Å². The summed E-state index contributed by atoms with van der Waals surface area (Å²) in [4.78, 5) is 24.1. The van der Waals surface area contributed by atoms with E-state index >= 15 is 0 Å². The number of hydrogen-bond donors (Lipinski definition) is 1. The number of nitrogens with zero attached hydrogens (tertiary/aromatic N) is 1. The molecule has 1 saturated heterocycles. The summed E-state index contributed by atoms with van der Waals surface area (Å²) in [5, 5.41) is 3.15. The lowest BCUT2D eigenvalue weighted by Gasteiger charge is -2.29. The fourth-order valence-electron chi connectivity index (χ4n) is 1.76. The first-order chi connectivity index (χ1) is 7.72. The molecule has 1 aromatic rings. The molecule has 0 bridgehead atoms. The molecule has 0 saturated carbocycles. The summed E-state index contributed by atoms with van der Waals surface area (Å²) in [5.74, 6) is -0.0388. The van der Waals surface area contributed by atoms with Crippen LogP contribution in [-0.2, 0) is 4.79 Å². The van der Waals surface area contributed by atoms with Gasteiger partial charge in [-0.15, -0.1) is 0 Å². The van der Waals surface area contributed by atoms with Crippen LogP contribution in [0.1, 0.15) is 10.4 Å². The third-order valence-corrected chi connectivity index (χ3v) is 2.86. The Kier molecular flexibility index (Phi) is 3.10. The van der Waals surface area contributed by atoms with Gasteiger partial charge in [-0.2, -0.15) is 0 Å². The lowest BCUT2D eigenvalue weighted by Crippen LogP contribution is -2.48. The number of amides is 1. The molecule has 5 heteroatoms. The van der Waals surface area contributed by atoms with Gasteiger partial charge in [0, 0.05) is 18.8 Å². The van der Waals surface area contributed by atoms with Crippen LogP contribution in [0.3, 0.4) is 0 Å². The first-order valence-electron chi connectivity index (χ1n) is 4.97. The largest absolute Gasteiger partial charge is 0.360 e. The van der Waals surface area contributed by atoms with Crippen LogP contribution in [0.25, 0.3) is 0 Å². The van der Waals surface area contributed by atoms with Gasteiger partial charge in [-0.25, -0.2) is 0 Å². The molecule has 0 aromatic heterocycles. The second-order valence-electron chi connectivity index (χ2n) is 3.56. The fourth-order valence-corrected chi connectivity index (χ4v) is 1.98. The van der Waals surface area contributed by atoms with Crippen LogP contribution in [0.15, 0.2) is 18.2 Å². The van der Waals surface area contributed by atoms with Gasteiger partial charge in [-0.1, -0.05) is 17.7 Å². The highest BCUT2D eigenvalue weighted by molar-refractivity contribution is 6.33. The maximum absolute atomic E-state index is 11.3. The lowest BCUT2D eigenvalue weighted by atomic mass is 10.1. The van der Waals surface area contributed by atoms with E-state index < -0.39 is 0 Å². The Labute approximate surface area is 98.2 Å². The van der Waals surface area contributed by atoms with Gasteiger partial charge in [0.2, 0.25) is 5.91 Å². The smallest absolute Gasteiger partial charge is 0.239 e. The fraction of sp³-hybridized carbons (Fsp3) is 0.273. The molecule has 2 rings (SSSR count).